The van der Waals surface area contributed by atoms with E-state index in [1.807, 2.05) is 23.6 Å². The maximum atomic E-state index is 13.5. The van der Waals surface area contributed by atoms with Gasteiger partial charge in [0.05, 0.1) is 23.5 Å². The third-order valence-corrected chi connectivity index (χ3v) is 6.59. The van der Waals surface area contributed by atoms with Gasteiger partial charge in [0.15, 0.2) is 11.7 Å². The van der Waals surface area contributed by atoms with Gasteiger partial charge in [0.25, 0.3) is 5.91 Å². The lowest BCUT2D eigenvalue weighted by Gasteiger charge is -2.45. The summed E-state index contributed by atoms with van der Waals surface area (Å²) in [5.74, 6) is 0.608. The number of aryl methyl sites for hydroxylation is 2. The number of urea groups is 1. The number of hydrogen-bond acceptors (Lipinski definition) is 6. The number of rotatable bonds is 2. The Labute approximate surface area is 182 Å². The van der Waals surface area contributed by atoms with E-state index in [9.17, 15) is 9.59 Å². The van der Waals surface area contributed by atoms with E-state index in [0.29, 0.717) is 36.5 Å². The average Bonchev–Trinajstić information content (AvgIpc) is 3.31. The predicted molar refractivity (Wildman–Crippen MR) is 115 cm³/mol. The van der Waals surface area contributed by atoms with E-state index in [-0.39, 0.29) is 17.8 Å². The monoisotopic (exact) mass is 429 g/mol. The van der Waals surface area contributed by atoms with Crippen LogP contribution < -0.4 is 5.32 Å². The van der Waals surface area contributed by atoms with Crippen molar-refractivity contribution in [3.05, 3.63) is 28.6 Å². The first kappa shape index (κ1) is 21.4. The molecule has 3 amide bonds. The van der Waals surface area contributed by atoms with Crippen LogP contribution in [0.25, 0.3) is 0 Å². The molecule has 2 aromatic heterocycles. The van der Waals surface area contributed by atoms with Crippen LogP contribution >= 0.6 is 0 Å². The normalized spacial score (nSPS) is 23.2. The SMILES string of the molecule is Cc1nc(C)c(C(=O)Nc2n[nH]c3c2CN(C(=O)N2C[C@@H](C)N(C)C[C@@H]2C)C3(C)C)o1. The van der Waals surface area contributed by atoms with Gasteiger partial charge < -0.3 is 19.5 Å². The largest absolute Gasteiger partial charge is 0.436 e. The second-order valence-electron chi connectivity index (χ2n) is 9.25. The van der Waals surface area contributed by atoms with Gasteiger partial charge in [0, 0.05) is 37.7 Å². The third kappa shape index (κ3) is 3.48. The van der Waals surface area contributed by atoms with E-state index in [2.05, 4.69) is 46.3 Å². The highest BCUT2D eigenvalue weighted by Gasteiger charge is 2.46. The molecular weight excluding hydrogens is 398 g/mol. The Balaban J connectivity index is 1.56. The van der Waals surface area contributed by atoms with Crippen LogP contribution in [-0.4, -0.2) is 74.0 Å². The topological polar surface area (TPSA) is 111 Å². The summed E-state index contributed by atoms with van der Waals surface area (Å²) in [5.41, 5.74) is 1.59. The summed E-state index contributed by atoms with van der Waals surface area (Å²) in [6.45, 7) is 13.5. The number of likely N-dealkylation sites (N-methyl/N-ethyl adjacent to an activating group) is 1. The summed E-state index contributed by atoms with van der Waals surface area (Å²) < 4.78 is 5.42. The standard InChI is InChI=1S/C21H31N7O3/c1-11-9-27(12(2)8-26(11)7)20(30)28-10-15-17(21(28,5)6)24-25-18(15)23-19(29)16-13(3)22-14(4)31-16/h11-12H,8-10H2,1-7H3,(H2,23,24,25,29)/t11-,12+/m1/s1. The van der Waals surface area contributed by atoms with Crippen molar-refractivity contribution in [2.24, 2.45) is 0 Å². The van der Waals surface area contributed by atoms with E-state index in [1.54, 1.807) is 13.8 Å². The van der Waals surface area contributed by atoms with Gasteiger partial charge in [-0.25, -0.2) is 9.78 Å². The van der Waals surface area contributed by atoms with Crippen molar-refractivity contribution in [2.45, 2.75) is 65.7 Å². The van der Waals surface area contributed by atoms with E-state index in [4.69, 9.17) is 4.42 Å². The van der Waals surface area contributed by atoms with E-state index >= 15 is 0 Å². The number of amides is 3. The van der Waals surface area contributed by atoms with Gasteiger partial charge in [-0.2, -0.15) is 5.10 Å². The van der Waals surface area contributed by atoms with Gasteiger partial charge in [-0.05, 0) is 41.7 Å². The Morgan fingerprint density at radius 3 is 2.55 bits per heavy atom. The molecule has 31 heavy (non-hydrogen) atoms. The van der Waals surface area contributed by atoms with Crippen molar-refractivity contribution >= 4 is 17.8 Å². The smallest absolute Gasteiger partial charge is 0.321 e. The fourth-order valence-electron chi connectivity index (χ4n) is 4.55. The number of carbonyl (C=O) groups excluding carboxylic acids is 2. The molecule has 2 aliphatic heterocycles. The molecule has 0 saturated carbocycles. The minimum Gasteiger partial charge on any atom is -0.436 e. The number of aromatic amines is 1. The van der Waals surface area contributed by atoms with Crippen molar-refractivity contribution in [1.82, 2.24) is 29.9 Å². The number of hydrogen-bond donors (Lipinski definition) is 2. The van der Waals surface area contributed by atoms with Crippen LogP contribution in [0.1, 0.15) is 61.1 Å². The molecule has 10 nitrogen and oxygen atoms in total. The minimum absolute atomic E-state index is 0.000954. The van der Waals surface area contributed by atoms with Crippen molar-refractivity contribution in [1.29, 1.82) is 0 Å². The number of nitrogens with zero attached hydrogens (tertiary/aromatic N) is 5. The highest BCUT2D eigenvalue weighted by molar-refractivity contribution is 6.03. The Morgan fingerprint density at radius 2 is 1.90 bits per heavy atom. The molecular formula is C21H31N7O3. The summed E-state index contributed by atoms with van der Waals surface area (Å²) >= 11 is 0. The number of carbonyl (C=O) groups is 2. The van der Waals surface area contributed by atoms with Crippen molar-refractivity contribution in [3.63, 3.8) is 0 Å². The van der Waals surface area contributed by atoms with Crippen LogP contribution in [0.15, 0.2) is 4.42 Å². The van der Waals surface area contributed by atoms with Crippen LogP contribution in [-0.2, 0) is 12.1 Å². The molecule has 0 bridgehead atoms. The van der Waals surface area contributed by atoms with E-state index in [0.717, 1.165) is 17.8 Å². The van der Waals surface area contributed by atoms with Gasteiger partial charge in [-0.15, -0.1) is 0 Å². The zero-order valence-corrected chi connectivity index (χ0v) is 19.2. The zero-order valence-electron chi connectivity index (χ0n) is 19.2. The molecule has 0 spiro atoms. The van der Waals surface area contributed by atoms with Crippen LogP contribution in [0.2, 0.25) is 0 Å². The Hall–Kier alpha value is -2.88. The lowest BCUT2D eigenvalue weighted by Crippen LogP contribution is -2.60. The number of aromatic nitrogens is 3. The van der Waals surface area contributed by atoms with Crippen LogP contribution in [0.4, 0.5) is 10.6 Å². The summed E-state index contributed by atoms with van der Waals surface area (Å²) in [6, 6.07) is 0.424. The maximum absolute atomic E-state index is 13.5. The molecule has 1 fully saturated rings. The fourth-order valence-corrected chi connectivity index (χ4v) is 4.55. The quantitative estimate of drug-likeness (QED) is 0.759. The van der Waals surface area contributed by atoms with Crippen molar-refractivity contribution in [2.75, 3.05) is 25.5 Å². The maximum Gasteiger partial charge on any atom is 0.321 e. The summed E-state index contributed by atoms with van der Waals surface area (Å²) in [4.78, 5) is 36.4. The Morgan fingerprint density at radius 1 is 1.19 bits per heavy atom. The molecule has 0 aliphatic carbocycles. The summed E-state index contributed by atoms with van der Waals surface area (Å²) in [6.07, 6.45) is 0. The molecule has 168 valence electrons. The second-order valence-corrected chi connectivity index (χ2v) is 9.25. The molecule has 0 unspecified atom stereocenters. The molecule has 2 aromatic rings. The Bertz CT molecular complexity index is 1020. The van der Waals surface area contributed by atoms with E-state index in [1.165, 1.54) is 0 Å². The molecule has 4 rings (SSSR count). The molecule has 2 aliphatic rings. The number of anilines is 1. The number of piperazine rings is 1. The fraction of sp³-hybridized carbons (Fsp3) is 0.619. The number of nitrogens with one attached hydrogen (secondary N) is 2. The molecule has 0 aromatic carbocycles. The number of H-pyrrole nitrogens is 1. The van der Waals surface area contributed by atoms with Crippen molar-refractivity contribution in [3.8, 4) is 0 Å². The highest BCUT2D eigenvalue weighted by atomic mass is 16.4. The zero-order chi connectivity index (χ0) is 22.7. The van der Waals surface area contributed by atoms with Gasteiger partial charge in [-0.3, -0.25) is 14.8 Å². The van der Waals surface area contributed by atoms with Gasteiger partial charge in [0.2, 0.25) is 5.76 Å². The highest BCUT2D eigenvalue weighted by Crippen LogP contribution is 2.41. The summed E-state index contributed by atoms with van der Waals surface area (Å²) in [7, 11) is 2.09. The van der Waals surface area contributed by atoms with E-state index < -0.39 is 11.4 Å². The summed E-state index contributed by atoms with van der Waals surface area (Å²) in [5, 5.41) is 10.2. The average molecular weight is 430 g/mol. The number of fused-ring (bicyclic) bond motifs is 1. The van der Waals surface area contributed by atoms with Crippen LogP contribution in [0.3, 0.4) is 0 Å². The molecule has 2 atom stereocenters. The van der Waals surface area contributed by atoms with Gasteiger partial charge in [0.1, 0.15) is 0 Å². The molecule has 0 radical (unpaired) electrons. The Kier molecular flexibility index (Phi) is 5.07. The molecule has 4 heterocycles. The second kappa shape index (κ2) is 7.37. The molecule has 1 saturated heterocycles. The van der Waals surface area contributed by atoms with Crippen LogP contribution in [0, 0.1) is 13.8 Å². The van der Waals surface area contributed by atoms with Crippen molar-refractivity contribution < 1.29 is 14.0 Å². The first-order chi connectivity index (χ1) is 14.5. The lowest BCUT2D eigenvalue weighted by atomic mass is 10.0. The molecule has 2 N–H and O–H groups in total. The predicted octanol–water partition coefficient (Wildman–Crippen LogP) is 2.46. The third-order valence-electron chi connectivity index (χ3n) is 6.59. The first-order valence-corrected chi connectivity index (χ1v) is 10.6. The van der Waals surface area contributed by atoms with Crippen LogP contribution in [0.5, 0.6) is 0 Å². The van der Waals surface area contributed by atoms with Gasteiger partial charge >= 0.3 is 6.03 Å². The molecule has 10 heteroatoms. The van der Waals surface area contributed by atoms with Gasteiger partial charge in [-0.1, -0.05) is 0 Å². The lowest BCUT2D eigenvalue weighted by molar-refractivity contribution is 0.0457. The minimum atomic E-state index is -0.576. The number of oxazole rings is 1. The first-order valence-electron chi connectivity index (χ1n) is 10.6.